The quantitative estimate of drug-likeness (QED) is 0.869. The smallest absolute Gasteiger partial charge is 0.239 e. The van der Waals surface area contributed by atoms with Crippen LogP contribution in [0.15, 0.2) is 22.7 Å². The number of carbonyl (C=O) groups excluding carboxylic acids is 1. The average molecular weight is 299 g/mol. The lowest BCUT2D eigenvalue weighted by Gasteiger charge is -2.29. The number of anilines is 1. The molecule has 1 fully saturated rings. The minimum absolute atomic E-state index is 0.0481. The lowest BCUT2D eigenvalue weighted by Crippen LogP contribution is -2.47. The highest BCUT2D eigenvalue weighted by Crippen LogP contribution is 2.28. The Balaban J connectivity index is 2.22. The maximum Gasteiger partial charge on any atom is 0.239 e. The topological polar surface area (TPSA) is 52.6 Å². The van der Waals surface area contributed by atoms with Crippen molar-refractivity contribution in [1.82, 2.24) is 5.32 Å². The number of hydrogen-bond donors (Lipinski definition) is 2. The van der Waals surface area contributed by atoms with Gasteiger partial charge in [0.2, 0.25) is 5.91 Å². The van der Waals surface area contributed by atoms with E-state index in [0.717, 1.165) is 22.3 Å². The number of piperazine rings is 1. The first kappa shape index (κ1) is 12.4. The highest BCUT2D eigenvalue weighted by Gasteiger charge is 2.17. The second-order valence-electron chi connectivity index (χ2n) is 4.15. The largest absolute Gasteiger partial charge is 0.389 e. The Morgan fingerprint density at radius 2 is 2.29 bits per heavy atom. The van der Waals surface area contributed by atoms with E-state index in [9.17, 15) is 9.90 Å². The summed E-state index contributed by atoms with van der Waals surface area (Å²) in [6.07, 6.45) is -0.497. The number of rotatable bonds is 2. The molecule has 0 bridgehead atoms. The summed E-state index contributed by atoms with van der Waals surface area (Å²) in [7, 11) is 0. The van der Waals surface area contributed by atoms with E-state index in [1.165, 1.54) is 0 Å². The average Bonchev–Trinajstić information content (AvgIpc) is 2.28. The second-order valence-corrected chi connectivity index (χ2v) is 5.01. The summed E-state index contributed by atoms with van der Waals surface area (Å²) in [4.78, 5) is 13.3. The van der Waals surface area contributed by atoms with E-state index in [1.54, 1.807) is 6.92 Å². The van der Waals surface area contributed by atoms with Gasteiger partial charge >= 0.3 is 0 Å². The molecule has 0 radical (unpaired) electrons. The zero-order chi connectivity index (χ0) is 12.4. The second kappa shape index (κ2) is 5.06. The van der Waals surface area contributed by atoms with Crippen molar-refractivity contribution in [2.24, 2.45) is 0 Å². The van der Waals surface area contributed by atoms with Crippen molar-refractivity contribution in [2.75, 3.05) is 24.5 Å². The Morgan fingerprint density at radius 3 is 2.88 bits per heavy atom. The van der Waals surface area contributed by atoms with Gasteiger partial charge in [-0.1, -0.05) is 22.0 Å². The molecule has 1 amide bonds. The molecule has 4 nitrogen and oxygen atoms in total. The summed E-state index contributed by atoms with van der Waals surface area (Å²) in [6, 6.07) is 5.77. The maximum absolute atomic E-state index is 11.3. The van der Waals surface area contributed by atoms with Gasteiger partial charge in [-0.25, -0.2) is 0 Å². The number of halogens is 1. The Morgan fingerprint density at radius 1 is 1.53 bits per heavy atom. The van der Waals surface area contributed by atoms with Gasteiger partial charge in [-0.15, -0.1) is 0 Å². The number of carbonyl (C=O) groups is 1. The summed E-state index contributed by atoms with van der Waals surface area (Å²) in [5.41, 5.74) is 1.85. The summed E-state index contributed by atoms with van der Waals surface area (Å²) >= 11 is 3.44. The molecule has 1 heterocycles. The SMILES string of the molecule is C[C@@H](O)c1ccc(N2CCNC(=O)C2)cc1Br. The third kappa shape index (κ3) is 2.79. The van der Waals surface area contributed by atoms with Crippen molar-refractivity contribution in [3.05, 3.63) is 28.2 Å². The molecular formula is C12H15BrN2O2. The molecule has 0 aromatic heterocycles. The van der Waals surface area contributed by atoms with Crippen molar-refractivity contribution in [3.8, 4) is 0 Å². The standard InChI is InChI=1S/C12H15BrN2O2/c1-8(16)10-3-2-9(6-11(10)13)15-5-4-14-12(17)7-15/h2-3,6,8,16H,4-5,7H2,1H3,(H,14,17)/t8-/m1/s1. The van der Waals surface area contributed by atoms with Crippen molar-refractivity contribution in [3.63, 3.8) is 0 Å². The van der Waals surface area contributed by atoms with Crippen LogP contribution in [0.2, 0.25) is 0 Å². The summed E-state index contributed by atoms with van der Waals surface area (Å²) < 4.78 is 0.871. The molecule has 2 rings (SSSR count). The number of hydrogen-bond acceptors (Lipinski definition) is 3. The van der Waals surface area contributed by atoms with E-state index in [4.69, 9.17) is 0 Å². The molecule has 1 atom stereocenters. The molecule has 1 aliphatic rings. The fourth-order valence-corrected chi connectivity index (χ4v) is 2.61. The molecule has 1 aliphatic heterocycles. The molecule has 0 aliphatic carbocycles. The normalized spacial score (nSPS) is 17.8. The molecule has 2 N–H and O–H groups in total. The van der Waals surface area contributed by atoms with Crippen molar-refractivity contribution >= 4 is 27.5 Å². The van der Waals surface area contributed by atoms with E-state index in [2.05, 4.69) is 21.2 Å². The van der Waals surface area contributed by atoms with Gasteiger partial charge in [-0.3, -0.25) is 4.79 Å². The van der Waals surface area contributed by atoms with Gasteiger partial charge in [0.1, 0.15) is 0 Å². The Labute approximate surface area is 109 Å². The molecular weight excluding hydrogens is 284 g/mol. The van der Waals surface area contributed by atoms with Gasteiger partial charge in [-0.05, 0) is 24.6 Å². The maximum atomic E-state index is 11.3. The predicted molar refractivity (Wildman–Crippen MR) is 70.0 cm³/mol. The number of aliphatic hydroxyl groups excluding tert-OH is 1. The van der Waals surface area contributed by atoms with E-state index in [0.29, 0.717) is 13.1 Å². The first-order valence-corrected chi connectivity index (χ1v) is 6.36. The van der Waals surface area contributed by atoms with Crippen molar-refractivity contribution in [1.29, 1.82) is 0 Å². The Hall–Kier alpha value is -1.07. The van der Waals surface area contributed by atoms with E-state index in [-0.39, 0.29) is 5.91 Å². The van der Waals surface area contributed by atoms with E-state index < -0.39 is 6.10 Å². The molecule has 92 valence electrons. The molecule has 5 heteroatoms. The van der Waals surface area contributed by atoms with Gasteiger partial charge in [0.15, 0.2) is 0 Å². The molecule has 1 aromatic carbocycles. The first-order valence-electron chi connectivity index (χ1n) is 5.57. The van der Waals surface area contributed by atoms with Crippen LogP contribution in [0.4, 0.5) is 5.69 Å². The lowest BCUT2D eigenvalue weighted by molar-refractivity contribution is -0.120. The van der Waals surface area contributed by atoms with Gasteiger partial charge in [0.25, 0.3) is 0 Å². The number of nitrogens with zero attached hydrogens (tertiary/aromatic N) is 1. The number of amides is 1. The van der Waals surface area contributed by atoms with Gasteiger partial charge in [0.05, 0.1) is 12.6 Å². The lowest BCUT2D eigenvalue weighted by atomic mass is 10.1. The van der Waals surface area contributed by atoms with Crippen LogP contribution in [0.3, 0.4) is 0 Å². The van der Waals surface area contributed by atoms with Crippen LogP contribution in [0.5, 0.6) is 0 Å². The predicted octanol–water partition coefficient (Wildman–Crippen LogP) is 1.44. The molecule has 1 aromatic rings. The minimum Gasteiger partial charge on any atom is -0.389 e. The molecule has 0 saturated carbocycles. The van der Waals surface area contributed by atoms with Gasteiger partial charge in [-0.2, -0.15) is 0 Å². The fourth-order valence-electron chi connectivity index (χ4n) is 1.91. The molecule has 1 saturated heterocycles. The zero-order valence-corrected chi connectivity index (χ0v) is 11.2. The van der Waals surface area contributed by atoms with Crippen LogP contribution in [0, 0.1) is 0 Å². The Kier molecular flexibility index (Phi) is 3.69. The van der Waals surface area contributed by atoms with Crippen LogP contribution in [0.1, 0.15) is 18.6 Å². The number of benzene rings is 1. The van der Waals surface area contributed by atoms with Crippen LogP contribution >= 0.6 is 15.9 Å². The number of aliphatic hydroxyl groups is 1. The highest BCUT2D eigenvalue weighted by molar-refractivity contribution is 9.10. The van der Waals surface area contributed by atoms with Crippen molar-refractivity contribution in [2.45, 2.75) is 13.0 Å². The summed E-state index contributed by atoms with van der Waals surface area (Å²) in [5.74, 6) is 0.0481. The zero-order valence-electron chi connectivity index (χ0n) is 9.61. The molecule has 17 heavy (non-hydrogen) atoms. The van der Waals surface area contributed by atoms with Crippen LogP contribution in [0.25, 0.3) is 0 Å². The minimum atomic E-state index is -0.497. The monoisotopic (exact) mass is 298 g/mol. The summed E-state index contributed by atoms with van der Waals surface area (Å²) in [5, 5.41) is 12.3. The van der Waals surface area contributed by atoms with E-state index in [1.807, 2.05) is 23.1 Å². The molecule has 0 spiro atoms. The van der Waals surface area contributed by atoms with Crippen LogP contribution < -0.4 is 10.2 Å². The molecule has 0 unspecified atom stereocenters. The fraction of sp³-hybridized carbons (Fsp3) is 0.417. The van der Waals surface area contributed by atoms with Gasteiger partial charge in [0, 0.05) is 23.2 Å². The highest BCUT2D eigenvalue weighted by atomic mass is 79.9. The third-order valence-corrected chi connectivity index (χ3v) is 3.52. The summed E-state index contributed by atoms with van der Waals surface area (Å²) in [6.45, 7) is 3.61. The van der Waals surface area contributed by atoms with E-state index >= 15 is 0 Å². The van der Waals surface area contributed by atoms with Gasteiger partial charge < -0.3 is 15.3 Å². The Bertz CT molecular complexity index is 435. The number of nitrogens with one attached hydrogen (secondary N) is 1. The third-order valence-electron chi connectivity index (χ3n) is 2.84. The van der Waals surface area contributed by atoms with Crippen LogP contribution in [-0.2, 0) is 4.79 Å². The van der Waals surface area contributed by atoms with Crippen molar-refractivity contribution < 1.29 is 9.90 Å². The first-order chi connectivity index (χ1) is 8.08. The van der Waals surface area contributed by atoms with Crippen LogP contribution in [-0.4, -0.2) is 30.6 Å².